The van der Waals surface area contributed by atoms with E-state index >= 15 is 0 Å². The quantitative estimate of drug-likeness (QED) is 0.828. The summed E-state index contributed by atoms with van der Waals surface area (Å²) in [6, 6.07) is 10.2. The van der Waals surface area contributed by atoms with Crippen molar-refractivity contribution in [1.82, 2.24) is 5.32 Å². The van der Waals surface area contributed by atoms with Gasteiger partial charge in [0.15, 0.2) is 0 Å². The molecule has 0 unspecified atom stereocenters. The number of hydrogen-bond acceptors (Lipinski definition) is 3. The molecule has 1 aromatic carbocycles. The maximum Gasteiger partial charge on any atom is 0.146 e. The van der Waals surface area contributed by atoms with Crippen molar-refractivity contribution >= 4 is 0 Å². The zero-order chi connectivity index (χ0) is 15.2. The molecule has 1 heterocycles. The normalized spacial score (nSPS) is 11.1. The predicted molar refractivity (Wildman–Crippen MR) is 85.5 cm³/mol. The van der Waals surface area contributed by atoms with Gasteiger partial charge in [0, 0.05) is 0 Å². The standard InChI is InChI=1S/C18H25NO2/c1-13(2)10-19-11-16-6-7-17(21-16)12-20-18-8-5-14(3)9-15(18)4/h5-9,13,19H,10-12H2,1-4H3. The van der Waals surface area contributed by atoms with Gasteiger partial charge in [0.05, 0.1) is 6.54 Å². The Bertz CT molecular complexity index is 572. The van der Waals surface area contributed by atoms with Crippen molar-refractivity contribution < 1.29 is 9.15 Å². The average Bonchev–Trinajstić information content (AvgIpc) is 2.85. The fraction of sp³-hybridized carbons (Fsp3) is 0.444. The number of furan rings is 1. The first-order valence-corrected chi connectivity index (χ1v) is 7.53. The summed E-state index contributed by atoms with van der Waals surface area (Å²) in [7, 11) is 0. The minimum absolute atomic E-state index is 0.466. The zero-order valence-electron chi connectivity index (χ0n) is 13.4. The van der Waals surface area contributed by atoms with Gasteiger partial charge in [0.2, 0.25) is 0 Å². The molecule has 114 valence electrons. The Morgan fingerprint density at radius 1 is 1.10 bits per heavy atom. The summed E-state index contributed by atoms with van der Waals surface area (Å²) in [5.41, 5.74) is 2.40. The Balaban J connectivity index is 1.85. The van der Waals surface area contributed by atoms with Gasteiger partial charge in [-0.3, -0.25) is 0 Å². The van der Waals surface area contributed by atoms with Gasteiger partial charge in [-0.05, 0) is 50.1 Å². The van der Waals surface area contributed by atoms with E-state index < -0.39 is 0 Å². The Labute approximate surface area is 127 Å². The molecule has 0 saturated carbocycles. The monoisotopic (exact) mass is 287 g/mol. The first kappa shape index (κ1) is 15.6. The fourth-order valence-corrected chi connectivity index (χ4v) is 2.19. The van der Waals surface area contributed by atoms with E-state index in [1.54, 1.807) is 0 Å². The van der Waals surface area contributed by atoms with E-state index in [1.165, 1.54) is 5.56 Å². The SMILES string of the molecule is Cc1ccc(OCc2ccc(CNCC(C)C)o2)c(C)c1. The molecule has 0 aliphatic carbocycles. The third-order valence-corrected chi connectivity index (χ3v) is 3.27. The van der Waals surface area contributed by atoms with Gasteiger partial charge in [-0.25, -0.2) is 0 Å². The van der Waals surface area contributed by atoms with E-state index in [4.69, 9.17) is 9.15 Å². The summed E-state index contributed by atoms with van der Waals surface area (Å²) in [5.74, 6) is 3.37. The Kier molecular flexibility index (Phi) is 5.45. The average molecular weight is 287 g/mol. The van der Waals surface area contributed by atoms with Crippen LogP contribution >= 0.6 is 0 Å². The molecular formula is C18H25NO2. The molecule has 2 aromatic rings. The number of hydrogen-bond donors (Lipinski definition) is 1. The lowest BCUT2D eigenvalue weighted by Gasteiger charge is -2.08. The highest BCUT2D eigenvalue weighted by Crippen LogP contribution is 2.20. The fourth-order valence-electron chi connectivity index (χ4n) is 2.19. The second-order valence-corrected chi connectivity index (χ2v) is 5.95. The molecule has 0 atom stereocenters. The van der Waals surface area contributed by atoms with Crippen molar-refractivity contribution in [2.45, 2.75) is 40.8 Å². The van der Waals surface area contributed by atoms with Crippen molar-refractivity contribution in [1.29, 1.82) is 0 Å². The lowest BCUT2D eigenvalue weighted by molar-refractivity contribution is 0.263. The van der Waals surface area contributed by atoms with Crippen LogP contribution in [0.2, 0.25) is 0 Å². The molecule has 0 amide bonds. The van der Waals surface area contributed by atoms with E-state index in [9.17, 15) is 0 Å². The molecule has 1 N–H and O–H groups in total. The molecule has 3 nitrogen and oxygen atoms in total. The van der Waals surface area contributed by atoms with E-state index in [0.717, 1.165) is 35.9 Å². The molecule has 0 aliphatic rings. The summed E-state index contributed by atoms with van der Waals surface area (Å²) >= 11 is 0. The van der Waals surface area contributed by atoms with Crippen molar-refractivity contribution in [3.63, 3.8) is 0 Å². The van der Waals surface area contributed by atoms with Crippen LogP contribution in [0.15, 0.2) is 34.7 Å². The molecular weight excluding hydrogens is 262 g/mol. The lowest BCUT2D eigenvalue weighted by atomic mass is 10.1. The van der Waals surface area contributed by atoms with Crippen molar-refractivity contribution in [2.75, 3.05) is 6.54 Å². The summed E-state index contributed by atoms with van der Waals surface area (Å²) in [6.45, 7) is 10.8. The molecule has 21 heavy (non-hydrogen) atoms. The van der Waals surface area contributed by atoms with Crippen LogP contribution in [-0.2, 0) is 13.2 Å². The molecule has 0 bridgehead atoms. The van der Waals surface area contributed by atoms with E-state index in [2.05, 4.69) is 45.1 Å². The second kappa shape index (κ2) is 7.32. The third-order valence-electron chi connectivity index (χ3n) is 3.27. The van der Waals surface area contributed by atoms with Crippen molar-refractivity contribution in [3.8, 4) is 5.75 Å². The van der Waals surface area contributed by atoms with Gasteiger partial charge in [-0.2, -0.15) is 0 Å². The summed E-state index contributed by atoms with van der Waals surface area (Å²) in [4.78, 5) is 0. The highest BCUT2D eigenvalue weighted by molar-refractivity contribution is 5.35. The number of ether oxygens (including phenoxy) is 1. The minimum Gasteiger partial charge on any atom is -0.485 e. The molecule has 0 saturated heterocycles. The second-order valence-electron chi connectivity index (χ2n) is 5.95. The van der Waals surface area contributed by atoms with Gasteiger partial charge in [0.25, 0.3) is 0 Å². The smallest absolute Gasteiger partial charge is 0.146 e. The molecule has 0 fully saturated rings. The summed E-state index contributed by atoms with van der Waals surface area (Å²) in [6.07, 6.45) is 0. The topological polar surface area (TPSA) is 34.4 Å². The Morgan fingerprint density at radius 2 is 1.86 bits per heavy atom. The predicted octanol–water partition coefficient (Wildman–Crippen LogP) is 4.22. The van der Waals surface area contributed by atoms with Crippen LogP contribution in [0.3, 0.4) is 0 Å². The van der Waals surface area contributed by atoms with Crippen LogP contribution in [0.1, 0.15) is 36.5 Å². The number of aryl methyl sites for hydroxylation is 2. The summed E-state index contributed by atoms with van der Waals surface area (Å²) in [5, 5.41) is 3.37. The molecule has 1 aromatic heterocycles. The van der Waals surface area contributed by atoms with Crippen molar-refractivity contribution in [3.05, 3.63) is 53.0 Å². The summed E-state index contributed by atoms with van der Waals surface area (Å²) < 4.78 is 11.6. The number of nitrogens with one attached hydrogen (secondary N) is 1. The maximum atomic E-state index is 5.82. The van der Waals surface area contributed by atoms with E-state index in [1.807, 2.05) is 18.2 Å². The molecule has 3 heteroatoms. The zero-order valence-corrected chi connectivity index (χ0v) is 13.4. The van der Waals surface area contributed by atoms with Crippen LogP contribution < -0.4 is 10.1 Å². The van der Waals surface area contributed by atoms with Crippen LogP contribution in [-0.4, -0.2) is 6.54 Å². The molecule has 0 aliphatic heterocycles. The van der Waals surface area contributed by atoms with Crippen molar-refractivity contribution in [2.24, 2.45) is 5.92 Å². The van der Waals surface area contributed by atoms with Crippen LogP contribution in [0.25, 0.3) is 0 Å². The number of rotatable bonds is 7. The molecule has 2 rings (SSSR count). The van der Waals surface area contributed by atoms with Gasteiger partial charge < -0.3 is 14.5 Å². The largest absolute Gasteiger partial charge is 0.485 e. The van der Waals surface area contributed by atoms with Gasteiger partial charge in [0.1, 0.15) is 23.9 Å². The van der Waals surface area contributed by atoms with Gasteiger partial charge >= 0.3 is 0 Å². The lowest BCUT2D eigenvalue weighted by Crippen LogP contribution is -2.18. The van der Waals surface area contributed by atoms with Crippen LogP contribution in [0.4, 0.5) is 0 Å². The van der Waals surface area contributed by atoms with E-state index in [0.29, 0.717) is 12.5 Å². The highest BCUT2D eigenvalue weighted by atomic mass is 16.5. The molecule has 0 spiro atoms. The van der Waals surface area contributed by atoms with E-state index in [-0.39, 0.29) is 0 Å². The van der Waals surface area contributed by atoms with Gasteiger partial charge in [-0.1, -0.05) is 31.5 Å². The van der Waals surface area contributed by atoms with Crippen LogP contribution in [0, 0.1) is 19.8 Å². The highest BCUT2D eigenvalue weighted by Gasteiger charge is 2.05. The van der Waals surface area contributed by atoms with Gasteiger partial charge in [-0.15, -0.1) is 0 Å². The maximum absolute atomic E-state index is 5.82. The number of benzene rings is 1. The Hall–Kier alpha value is -1.74. The molecule has 0 radical (unpaired) electrons. The first-order chi connectivity index (χ1) is 10.0. The Morgan fingerprint density at radius 3 is 2.57 bits per heavy atom. The minimum atomic E-state index is 0.466. The van der Waals surface area contributed by atoms with Crippen LogP contribution in [0.5, 0.6) is 5.75 Å². The third kappa shape index (κ3) is 4.94. The first-order valence-electron chi connectivity index (χ1n) is 7.53.